The molecular formula is C15H17BrN2O6. The van der Waals surface area contributed by atoms with Gasteiger partial charge in [0.2, 0.25) is 0 Å². The van der Waals surface area contributed by atoms with Crippen molar-refractivity contribution in [1.29, 1.82) is 0 Å². The van der Waals surface area contributed by atoms with Gasteiger partial charge in [-0.3, -0.25) is 9.59 Å². The second-order valence-electron chi connectivity index (χ2n) is 4.37. The monoisotopic (exact) mass is 400 g/mol. The lowest BCUT2D eigenvalue weighted by atomic mass is 10.1. The van der Waals surface area contributed by atoms with Crippen LogP contribution in [0.25, 0.3) is 0 Å². The predicted octanol–water partition coefficient (Wildman–Crippen LogP) is 0.806. The van der Waals surface area contributed by atoms with Crippen LogP contribution >= 0.6 is 15.9 Å². The SMILES string of the molecule is CCOC(=O)C(=O)NC(NC(=O)C(=O)OCC)c1ccc(Br)cc1. The lowest BCUT2D eigenvalue weighted by molar-refractivity contribution is -0.156. The smallest absolute Gasteiger partial charge is 0.396 e. The van der Waals surface area contributed by atoms with Crippen molar-refractivity contribution in [2.75, 3.05) is 13.2 Å². The van der Waals surface area contributed by atoms with E-state index in [0.29, 0.717) is 5.56 Å². The Morgan fingerprint density at radius 2 is 1.33 bits per heavy atom. The van der Waals surface area contributed by atoms with Gasteiger partial charge in [0.05, 0.1) is 13.2 Å². The number of rotatable bonds is 5. The Morgan fingerprint density at radius 1 is 0.917 bits per heavy atom. The Morgan fingerprint density at radius 3 is 1.71 bits per heavy atom. The maximum Gasteiger partial charge on any atom is 0.396 e. The third-order valence-electron chi connectivity index (χ3n) is 2.68. The van der Waals surface area contributed by atoms with Gasteiger partial charge in [0.1, 0.15) is 6.17 Å². The van der Waals surface area contributed by atoms with Crippen LogP contribution in [0.4, 0.5) is 0 Å². The molecule has 0 aliphatic rings. The molecule has 0 aromatic heterocycles. The molecule has 1 rings (SSSR count). The van der Waals surface area contributed by atoms with Crippen LogP contribution in [0.2, 0.25) is 0 Å². The number of benzene rings is 1. The zero-order valence-corrected chi connectivity index (χ0v) is 14.7. The summed E-state index contributed by atoms with van der Waals surface area (Å²) in [4.78, 5) is 46.5. The zero-order chi connectivity index (χ0) is 18.1. The molecule has 1 aromatic carbocycles. The molecule has 0 unspecified atom stereocenters. The second-order valence-corrected chi connectivity index (χ2v) is 5.29. The first-order valence-electron chi connectivity index (χ1n) is 7.09. The van der Waals surface area contributed by atoms with Gasteiger partial charge in [-0.1, -0.05) is 28.1 Å². The molecule has 1 aromatic rings. The summed E-state index contributed by atoms with van der Waals surface area (Å²) in [5.41, 5.74) is 0.452. The highest BCUT2D eigenvalue weighted by molar-refractivity contribution is 9.10. The highest BCUT2D eigenvalue weighted by atomic mass is 79.9. The van der Waals surface area contributed by atoms with Crippen LogP contribution in [0.3, 0.4) is 0 Å². The van der Waals surface area contributed by atoms with Gasteiger partial charge in [-0.15, -0.1) is 0 Å². The average Bonchev–Trinajstić information content (AvgIpc) is 2.55. The minimum Gasteiger partial charge on any atom is -0.459 e. The van der Waals surface area contributed by atoms with E-state index in [-0.39, 0.29) is 13.2 Å². The number of halogens is 1. The van der Waals surface area contributed by atoms with E-state index in [1.54, 1.807) is 38.1 Å². The summed E-state index contributed by atoms with van der Waals surface area (Å²) in [7, 11) is 0. The van der Waals surface area contributed by atoms with Crippen molar-refractivity contribution in [3.63, 3.8) is 0 Å². The van der Waals surface area contributed by atoms with Crippen molar-refractivity contribution in [2.45, 2.75) is 20.0 Å². The molecule has 0 saturated carbocycles. The number of hydrogen-bond acceptors (Lipinski definition) is 6. The van der Waals surface area contributed by atoms with Gasteiger partial charge in [-0.2, -0.15) is 0 Å². The topological polar surface area (TPSA) is 111 Å². The molecule has 0 aliphatic carbocycles. The van der Waals surface area contributed by atoms with E-state index in [1.807, 2.05) is 0 Å². The summed E-state index contributed by atoms with van der Waals surface area (Å²) in [6, 6.07) is 6.56. The molecule has 9 heteroatoms. The molecule has 0 aliphatic heterocycles. The number of ether oxygens (including phenoxy) is 2. The number of nitrogens with one attached hydrogen (secondary N) is 2. The molecule has 0 radical (unpaired) electrons. The highest BCUT2D eigenvalue weighted by Crippen LogP contribution is 2.15. The molecule has 130 valence electrons. The lowest BCUT2D eigenvalue weighted by Crippen LogP contribution is -2.46. The molecule has 2 N–H and O–H groups in total. The fourth-order valence-electron chi connectivity index (χ4n) is 1.63. The molecule has 0 spiro atoms. The maximum absolute atomic E-state index is 11.8. The highest BCUT2D eigenvalue weighted by Gasteiger charge is 2.25. The minimum atomic E-state index is -1.10. The van der Waals surface area contributed by atoms with Crippen LogP contribution in [0.15, 0.2) is 28.7 Å². The van der Waals surface area contributed by atoms with E-state index in [4.69, 9.17) is 0 Å². The summed E-state index contributed by atoms with van der Waals surface area (Å²) in [6.45, 7) is 3.18. The molecule has 8 nitrogen and oxygen atoms in total. The van der Waals surface area contributed by atoms with Crippen molar-refractivity contribution < 1.29 is 28.7 Å². The van der Waals surface area contributed by atoms with Crippen molar-refractivity contribution >= 4 is 39.7 Å². The van der Waals surface area contributed by atoms with Gasteiger partial charge in [-0.05, 0) is 31.5 Å². The van der Waals surface area contributed by atoms with Gasteiger partial charge >= 0.3 is 23.8 Å². The van der Waals surface area contributed by atoms with Crippen molar-refractivity contribution in [3.8, 4) is 0 Å². The fraction of sp³-hybridized carbons (Fsp3) is 0.333. The third-order valence-corrected chi connectivity index (χ3v) is 3.20. The van der Waals surface area contributed by atoms with Crippen LogP contribution in [0.5, 0.6) is 0 Å². The summed E-state index contributed by atoms with van der Waals surface area (Å²) in [5.74, 6) is -4.28. The normalized spacial score (nSPS) is 10.0. The van der Waals surface area contributed by atoms with Gasteiger partial charge in [0.25, 0.3) is 0 Å². The first-order valence-corrected chi connectivity index (χ1v) is 7.89. The van der Waals surface area contributed by atoms with Crippen LogP contribution in [0, 0.1) is 0 Å². The van der Waals surface area contributed by atoms with Crippen LogP contribution in [0.1, 0.15) is 25.6 Å². The van der Waals surface area contributed by atoms with Crippen molar-refractivity contribution in [3.05, 3.63) is 34.3 Å². The summed E-state index contributed by atoms with van der Waals surface area (Å²) in [5, 5.41) is 4.59. The molecular weight excluding hydrogens is 384 g/mol. The number of hydrogen-bond donors (Lipinski definition) is 2. The fourth-order valence-corrected chi connectivity index (χ4v) is 1.90. The number of esters is 2. The van der Waals surface area contributed by atoms with E-state index in [2.05, 4.69) is 36.0 Å². The van der Waals surface area contributed by atoms with E-state index in [0.717, 1.165) is 4.47 Å². The summed E-state index contributed by atoms with van der Waals surface area (Å²) in [6.07, 6.45) is -1.10. The average molecular weight is 401 g/mol. The maximum atomic E-state index is 11.8. The Bertz CT molecular complexity index is 585. The minimum absolute atomic E-state index is 0.0321. The molecule has 0 atom stereocenters. The van der Waals surface area contributed by atoms with E-state index < -0.39 is 29.9 Å². The first-order chi connectivity index (χ1) is 11.4. The second kappa shape index (κ2) is 9.66. The number of amides is 2. The standard InChI is InChI=1S/C15H17BrN2O6/c1-3-23-14(21)12(19)17-11(9-5-7-10(16)8-6-9)18-13(20)15(22)24-4-2/h5-8,11H,3-4H2,1-2H3,(H,17,19)(H,18,20). The van der Waals surface area contributed by atoms with Crippen molar-refractivity contribution in [1.82, 2.24) is 10.6 Å². The number of carbonyl (C=O) groups excluding carboxylic acids is 4. The van der Waals surface area contributed by atoms with Gasteiger partial charge < -0.3 is 20.1 Å². The Labute approximate surface area is 147 Å². The van der Waals surface area contributed by atoms with E-state index >= 15 is 0 Å². The van der Waals surface area contributed by atoms with Gasteiger partial charge in [0.15, 0.2) is 0 Å². The summed E-state index contributed by atoms with van der Waals surface area (Å²) < 4.78 is 9.95. The molecule has 2 amide bonds. The van der Waals surface area contributed by atoms with E-state index in [1.165, 1.54) is 0 Å². The van der Waals surface area contributed by atoms with Crippen LogP contribution in [-0.4, -0.2) is 37.0 Å². The molecule has 0 fully saturated rings. The third kappa shape index (κ3) is 5.99. The first kappa shape index (κ1) is 19.6. The van der Waals surface area contributed by atoms with Crippen LogP contribution in [-0.2, 0) is 28.7 Å². The number of carbonyl (C=O) groups is 4. The van der Waals surface area contributed by atoms with E-state index in [9.17, 15) is 19.2 Å². The van der Waals surface area contributed by atoms with Crippen LogP contribution < -0.4 is 10.6 Å². The zero-order valence-electron chi connectivity index (χ0n) is 13.1. The van der Waals surface area contributed by atoms with Crippen molar-refractivity contribution in [2.24, 2.45) is 0 Å². The largest absolute Gasteiger partial charge is 0.459 e. The van der Waals surface area contributed by atoms with Gasteiger partial charge in [0, 0.05) is 4.47 Å². The lowest BCUT2D eigenvalue weighted by Gasteiger charge is -2.19. The molecule has 0 saturated heterocycles. The summed E-state index contributed by atoms with van der Waals surface area (Å²) >= 11 is 3.26. The Balaban J connectivity index is 2.93. The predicted molar refractivity (Wildman–Crippen MR) is 86.4 cm³/mol. The van der Waals surface area contributed by atoms with Gasteiger partial charge in [-0.25, -0.2) is 9.59 Å². The molecule has 0 bridgehead atoms. The molecule has 24 heavy (non-hydrogen) atoms. The Kier molecular flexibility index (Phi) is 7.90. The molecule has 0 heterocycles. The Hall–Kier alpha value is -2.42. The quantitative estimate of drug-likeness (QED) is 0.429.